The number of rotatable bonds is 3. The van der Waals surface area contributed by atoms with Crippen molar-refractivity contribution >= 4 is 23.3 Å². The summed E-state index contributed by atoms with van der Waals surface area (Å²) in [5, 5.41) is 3.60. The molecule has 1 aromatic heterocycles. The van der Waals surface area contributed by atoms with Crippen LogP contribution in [0.3, 0.4) is 0 Å². The lowest BCUT2D eigenvalue weighted by Crippen LogP contribution is -2.51. The first-order chi connectivity index (χ1) is 10.7. The van der Waals surface area contributed by atoms with Gasteiger partial charge in [0.05, 0.1) is 12.8 Å². The Morgan fingerprint density at radius 1 is 1.18 bits per heavy atom. The van der Waals surface area contributed by atoms with Crippen molar-refractivity contribution in [3.05, 3.63) is 53.4 Å². The molecule has 0 unspecified atom stereocenters. The standard InChI is InChI=1S/C16H18ClN3O2/c17-13-3-1-4-14(11-13)19-6-8-20(9-7-19)16(21)18-12-15-5-2-10-22-15/h1-5,10-11H,6-9,12H2,(H,18,21). The molecule has 6 heteroatoms. The Morgan fingerprint density at radius 3 is 2.68 bits per heavy atom. The monoisotopic (exact) mass is 319 g/mol. The van der Waals surface area contributed by atoms with E-state index in [2.05, 4.69) is 10.2 Å². The minimum absolute atomic E-state index is 0.0536. The van der Waals surface area contributed by atoms with Crippen LogP contribution in [0.5, 0.6) is 0 Å². The quantitative estimate of drug-likeness (QED) is 0.946. The highest BCUT2D eigenvalue weighted by Gasteiger charge is 2.21. The second kappa shape index (κ2) is 6.75. The average molecular weight is 320 g/mol. The van der Waals surface area contributed by atoms with Crippen molar-refractivity contribution in [3.8, 4) is 0 Å². The minimum atomic E-state index is -0.0536. The van der Waals surface area contributed by atoms with Crippen molar-refractivity contribution in [2.24, 2.45) is 0 Å². The van der Waals surface area contributed by atoms with E-state index in [9.17, 15) is 4.79 Å². The molecule has 116 valence electrons. The highest BCUT2D eigenvalue weighted by Crippen LogP contribution is 2.20. The van der Waals surface area contributed by atoms with E-state index in [0.717, 1.165) is 29.6 Å². The van der Waals surface area contributed by atoms with Gasteiger partial charge in [0.2, 0.25) is 0 Å². The third kappa shape index (κ3) is 3.54. The van der Waals surface area contributed by atoms with Crippen LogP contribution in [0.15, 0.2) is 47.1 Å². The van der Waals surface area contributed by atoms with Gasteiger partial charge in [-0.2, -0.15) is 0 Å². The molecule has 0 aliphatic carbocycles. The zero-order valence-corrected chi connectivity index (χ0v) is 12.9. The number of anilines is 1. The molecule has 0 saturated carbocycles. The van der Waals surface area contributed by atoms with Gasteiger partial charge in [-0.1, -0.05) is 17.7 Å². The number of carbonyl (C=O) groups excluding carboxylic acids is 1. The second-order valence-corrected chi connectivity index (χ2v) is 5.63. The topological polar surface area (TPSA) is 48.7 Å². The fourth-order valence-electron chi connectivity index (χ4n) is 2.53. The molecule has 1 aliphatic heterocycles. The van der Waals surface area contributed by atoms with Gasteiger partial charge in [0.15, 0.2) is 0 Å². The van der Waals surface area contributed by atoms with Crippen molar-refractivity contribution in [1.29, 1.82) is 0 Å². The van der Waals surface area contributed by atoms with E-state index < -0.39 is 0 Å². The van der Waals surface area contributed by atoms with E-state index in [1.807, 2.05) is 41.3 Å². The van der Waals surface area contributed by atoms with Gasteiger partial charge in [-0.05, 0) is 30.3 Å². The van der Waals surface area contributed by atoms with Crippen LogP contribution in [0.2, 0.25) is 5.02 Å². The molecular weight excluding hydrogens is 302 g/mol. The number of furan rings is 1. The van der Waals surface area contributed by atoms with Gasteiger partial charge in [-0.15, -0.1) is 0 Å². The molecule has 5 nitrogen and oxygen atoms in total. The summed E-state index contributed by atoms with van der Waals surface area (Å²) in [6.07, 6.45) is 1.60. The fourth-order valence-corrected chi connectivity index (χ4v) is 2.71. The Kier molecular flexibility index (Phi) is 4.53. The van der Waals surface area contributed by atoms with Gasteiger partial charge in [0.25, 0.3) is 0 Å². The number of hydrogen-bond acceptors (Lipinski definition) is 3. The normalized spacial score (nSPS) is 15.0. The van der Waals surface area contributed by atoms with Gasteiger partial charge in [0, 0.05) is 36.9 Å². The minimum Gasteiger partial charge on any atom is -0.467 e. The number of carbonyl (C=O) groups is 1. The highest BCUT2D eigenvalue weighted by molar-refractivity contribution is 6.30. The van der Waals surface area contributed by atoms with Gasteiger partial charge >= 0.3 is 6.03 Å². The number of benzene rings is 1. The van der Waals surface area contributed by atoms with Crippen LogP contribution in [-0.2, 0) is 6.54 Å². The maximum absolute atomic E-state index is 12.1. The Labute approximate surface area is 134 Å². The van der Waals surface area contributed by atoms with Gasteiger partial charge in [-0.3, -0.25) is 0 Å². The maximum Gasteiger partial charge on any atom is 0.317 e. The number of amides is 2. The number of nitrogens with zero attached hydrogens (tertiary/aromatic N) is 2. The van der Waals surface area contributed by atoms with E-state index in [1.165, 1.54) is 0 Å². The molecule has 2 heterocycles. The van der Waals surface area contributed by atoms with Crippen LogP contribution in [0.4, 0.5) is 10.5 Å². The summed E-state index contributed by atoms with van der Waals surface area (Å²) in [6, 6.07) is 11.4. The summed E-state index contributed by atoms with van der Waals surface area (Å²) in [5.74, 6) is 0.755. The van der Waals surface area contributed by atoms with E-state index in [1.54, 1.807) is 6.26 Å². The van der Waals surface area contributed by atoms with Gasteiger partial charge < -0.3 is 19.5 Å². The van der Waals surface area contributed by atoms with E-state index >= 15 is 0 Å². The Bertz CT molecular complexity index is 622. The second-order valence-electron chi connectivity index (χ2n) is 5.19. The summed E-state index contributed by atoms with van der Waals surface area (Å²) in [4.78, 5) is 16.2. The molecule has 22 heavy (non-hydrogen) atoms. The van der Waals surface area contributed by atoms with Crippen LogP contribution < -0.4 is 10.2 Å². The maximum atomic E-state index is 12.1. The number of hydrogen-bond donors (Lipinski definition) is 1. The summed E-state index contributed by atoms with van der Waals surface area (Å²) in [6.45, 7) is 3.40. The Morgan fingerprint density at radius 2 is 2.00 bits per heavy atom. The molecule has 1 N–H and O–H groups in total. The summed E-state index contributed by atoms with van der Waals surface area (Å²) in [5.41, 5.74) is 1.10. The first-order valence-corrected chi connectivity index (χ1v) is 7.66. The molecular formula is C16H18ClN3O2. The lowest BCUT2D eigenvalue weighted by atomic mass is 10.2. The third-order valence-electron chi connectivity index (χ3n) is 3.73. The van der Waals surface area contributed by atoms with E-state index in [0.29, 0.717) is 19.6 Å². The smallest absolute Gasteiger partial charge is 0.317 e. The molecule has 0 atom stereocenters. The van der Waals surface area contributed by atoms with Crippen molar-refractivity contribution < 1.29 is 9.21 Å². The molecule has 0 bridgehead atoms. The zero-order valence-electron chi connectivity index (χ0n) is 12.2. The summed E-state index contributed by atoms with van der Waals surface area (Å²) >= 11 is 6.02. The molecule has 2 aromatic rings. The zero-order chi connectivity index (χ0) is 15.4. The van der Waals surface area contributed by atoms with E-state index in [-0.39, 0.29) is 6.03 Å². The van der Waals surface area contributed by atoms with Crippen LogP contribution in [0.25, 0.3) is 0 Å². The summed E-state index contributed by atoms with van der Waals surface area (Å²) in [7, 11) is 0. The van der Waals surface area contributed by atoms with Crippen LogP contribution in [-0.4, -0.2) is 37.1 Å². The first kappa shape index (κ1) is 14.8. The number of piperazine rings is 1. The molecule has 1 saturated heterocycles. The number of nitrogens with one attached hydrogen (secondary N) is 1. The Hall–Kier alpha value is -2.14. The van der Waals surface area contributed by atoms with Crippen molar-refractivity contribution in [2.75, 3.05) is 31.1 Å². The van der Waals surface area contributed by atoms with Gasteiger partial charge in [0.1, 0.15) is 5.76 Å². The number of urea groups is 1. The average Bonchev–Trinajstić information content (AvgIpc) is 3.06. The lowest BCUT2D eigenvalue weighted by Gasteiger charge is -2.36. The van der Waals surface area contributed by atoms with Crippen molar-refractivity contribution in [3.63, 3.8) is 0 Å². The predicted octanol–water partition coefficient (Wildman–Crippen LogP) is 2.96. The summed E-state index contributed by atoms with van der Waals surface area (Å²) < 4.78 is 5.20. The van der Waals surface area contributed by atoms with Crippen molar-refractivity contribution in [2.45, 2.75) is 6.54 Å². The first-order valence-electron chi connectivity index (χ1n) is 7.28. The van der Waals surface area contributed by atoms with Crippen LogP contribution >= 0.6 is 11.6 Å². The predicted molar refractivity (Wildman–Crippen MR) is 86.2 cm³/mol. The SMILES string of the molecule is O=C(NCc1ccco1)N1CCN(c2cccc(Cl)c2)CC1. The van der Waals surface area contributed by atoms with Crippen molar-refractivity contribution in [1.82, 2.24) is 10.2 Å². The Balaban J connectivity index is 1.49. The fraction of sp³-hybridized carbons (Fsp3) is 0.312. The third-order valence-corrected chi connectivity index (χ3v) is 3.97. The largest absolute Gasteiger partial charge is 0.467 e. The molecule has 1 aliphatic rings. The van der Waals surface area contributed by atoms with Crippen LogP contribution in [0, 0.1) is 0 Å². The van der Waals surface area contributed by atoms with Gasteiger partial charge in [-0.25, -0.2) is 4.79 Å². The van der Waals surface area contributed by atoms with Crippen LogP contribution in [0.1, 0.15) is 5.76 Å². The lowest BCUT2D eigenvalue weighted by molar-refractivity contribution is 0.193. The molecule has 0 spiro atoms. The molecule has 1 fully saturated rings. The number of halogens is 1. The molecule has 0 radical (unpaired) electrons. The highest BCUT2D eigenvalue weighted by atomic mass is 35.5. The molecule has 3 rings (SSSR count). The van der Waals surface area contributed by atoms with E-state index in [4.69, 9.17) is 16.0 Å². The molecule has 2 amide bonds. The molecule has 1 aromatic carbocycles.